The molecule has 1 aliphatic carbocycles. The molecule has 1 fully saturated rings. The minimum Gasteiger partial charge on any atom is -0.396 e. The zero-order valence-corrected chi connectivity index (χ0v) is 13.1. The van der Waals surface area contributed by atoms with Gasteiger partial charge in [-0.15, -0.1) is 0 Å². The molecule has 1 saturated carbocycles. The Kier molecular flexibility index (Phi) is 4.58. The van der Waals surface area contributed by atoms with E-state index in [9.17, 15) is 8.42 Å². The molecule has 0 aliphatic heterocycles. The second-order valence-electron chi connectivity index (χ2n) is 5.85. The van der Waals surface area contributed by atoms with Gasteiger partial charge < -0.3 is 10.6 Å². The van der Waals surface area contributed by atoms with Crippen LogP contribution in [0.5, 0.6) is 0 Å². The topological polar surface area (TPSA) is 63.4 Å². The third kappa shape index (κ3) is 3.45. The largest absolute Gasteiger partial charge is 0.396 e. The van der Waals surface area contributed by atoms with Crippen LogP contribution >= 0.6 is 0 Å². The Balaban J connectivity index is 2.19. The number of hydrogen-bond donors (Lipinski definition) is 1. The normalized spacial score (nSPS) is 17.1. The van der Waals surface area contributed by atoms with E-state index in [1.165, 1.54) is 38.4 Å². The summed E-state index contributed by atoms with van der Waals surface area (Å²) in [7, 11) is -1.28. The monoisotopic (exact) mass is 296 g/mol. The lowest BCUT2D eigenvalue weighted by molar-refractivity contribution is 0.362. The van der Waals surface area contributed by atoms with Crippen LogP contribution in [0.1, 0.15) is 32.1 Å². The van der Waals surface area contributed by atoms with E-state index in [1.54, 1.807) is 12.1 Å². The molecule has 0 heterocycles. The maximum Gasteiger partial charge on any atom is 0.177 e. The lowest BCUT2D eigenvalue weighted by atomic mass is 9.89. The standard InChI is InChI=1S/C15H24N2O2S/c1-17(11-12-7-4-3-5-8-12)13-9-6-10-14(15(13)16)20(2,18)19/h6,9-10,12H,3-5,7-8,11,16H2,1-2H3. The molecular formula is C15H24N2O2S. The molecule has 20 heavy (non-hydrogen) atoms. The third-order valence-corrected chi connectivity index (χ3v) is 5.27. The van der Waals surface area contributed by atoms with Crippen LogP contribution in [0.4, 0.5) is 11.4 Å². The van der Waals surface area contributed by atoms with Crippen LogP contribution in [0.2, 0.25) is 0 Å². The number of benzene rings is 1. The number of nitrogens with zero attached hydrogens (tertiary/aromatic N) is 1. The van der Waals surface area contributed by atoms with Crippen LogP contribution < -0.4 is 10.6 Å². The van der Waals surface area contributed by atoms with Crippen molar-refractivity contribution < 1.29 is 8.42 Å². The number of rotatable bonds is 4. The Morgan fingerprint density at radius 2 is 1.90 bits per heavy atom. The molecule has 0 spiro atoms. The van der Waals surface area contributed by atoms with Gasteiger partial charge in [0.1, 0.15) is 0 Å². The number of nitrogen functional groups attached to an aromatic ring is 1. The molecule has 1 aromatic carbocycles. The minimum absolute atomic E-state index is 0.227. The van der Waals surface area contributed by atoms with Gasteiger partial charge in [0.15, 0.2) is 9.84 Å². The highest BCUT2D eigenvalue weighted by Crippen LogP contribution is 2.31. The second-order valence-corrected chi connectivity index (χ2v) is 7.83. The summed E-state index contributed by atoms with van der Waals surface area (Å²) in [6.07, 6.45) is 7.66. The molecule has 0 atom stereocenters. The molecule has 1 aliphatic rings. The summed E-state index contributed by atoms with van der Waals surface area (Å²) in [6.45, 7) is 0.942. The van der Waals surface area contributed by atoms with Crippen LogP contribution in [0.15, 0.2) is 23.1 Å². The molecule has 0 bridgehead atoms. The number of para-hydroxylation sites is 1. The number of nitrogens with two attached hydrogens (primary N) is 1. The predicted octanol–water partition coefficient (Wildman–Crippen LogP) is 2.69. The van der Waals surface area contributed by atoms with Crippen molar-refractivity contribution in [3.8, 4) is 0 Å². The zero-order valence-electron chi connectivity index (χ0n) is 12.3. The molecule has 0 unspecified atom stereocenters. The van der Waals surface area contributed by atoms with Crippen molar-refractivity contribution in [3.63, 3.8) is 0 Å². The lowest BCUT2D eigenvalue weighted by Crippen LogP contribution is -2.27. The summed E-state index contributed by atoms with van der Waals surface area (Å²) >= 11 is 0. The van der Waals surface area contributed by atoms with Gasteiger partial charge in [-0.2, -0.15) is 0 Å². The first kappa shape index (κ1) is 15.2. The number of sulfone groups is 1. The molecule has 1 aromatic rings. The van der Waals surface area contributed by atoms with Gasteiger partial charge in [0.25, 0.3) is 0 Å². The molecule has 5 heteroatoms. The second kappa shape index (κ2) is 6.04. The third-order valence-electron chi connectivity index (χ3n) is 4.11. The van der Waals surface area contributed by atoms with E-state index in [4.69, 9.17) is 5.73 Å². The quantitative estimate of drug-likeness (QED) is 0.868. The van der Waals surface area contributed by atoms with Crippen LogP contribution in [0.25, 0.3) is 0 Å². The van der Waals surface area contributed by atoms with E-state index in [1.807, 2.05) is 13.1 Å². The van der Waals surface area contributed by atoms with E-state index in [-0.39, 0.29) is 4.90 Å². The summed E-state index contributed by atoms with van der Waals surface area (Å²) in [5, 5.41) is 0. The first-order valence-electron chi connectivity index (χ1n) is 7.19. The highest BCUT2D eigenvalue weighted by atomic mass is 32.2. The van der Waals surface area contributed by atoms with E-state index in [0.29, 0.717) is 11.6 Å². The van der Waals surface area contributed by atoms with Crippen molar-refractivity contribution in [2.24, 2.45) is 5.92 Å². The average Bonchev–Trinajstić information content (AvgIpc) is 2.38. The van der Waals surface area contributed by atoms with Crippen LogP contribution in [-0.4, -0.2) is 28.3 Å². The smallest absolute Gasteiger partial charge is 0.177 e. The molecule has 0 radical (unpaired) electrons. The van der Waals surface area contributed by atoms with Gasteiger partial charge in [0.05, 0.1) is 16.3 Å². The summed E-state index contributed by atoms with van der Waals surface area (Å²) < 4.78 is 23.4. The van der Waals surface area contributed by atoms with Crippen molar-refractivity contribution in [1.29, 1.82) is 0 Å². The van der Waals surface area contributed by atoms with E-state index >= 15 is 0 Å². The van der Waals surface area contributed by atoms with Gasteiger partial charge in [-0.25, -0.2) is 8.42 Å². The Labute approximate surface area is 121 Å². The fraction of sp³-hybridized carbons (Fsp3) is 0.600. The maximum atomic E-state index is 11.7. The molecule has 0 amide bonds. The Morgan fingerprint density at radius 3 is 2.50 bits per heavy atom. The van der Waals surface area contributed by atoms with Crippen LogP contribution in [-0.2, 0) is 9.84 Å². The van der Waals surface area contributed by atoms with Gasteiger partial charge >= 0.3 is 0 Å². The summed E-state index contributed by atoms with van der Waals surface area (Å²) in [5.74, 6) is 0.690. The van der Waals surface area contributed by atoms with Crippen molar-refractivity contribution in [2.45, 2.75) is 37.0 Å². The summed E-state index contributed by atoms with van der Waals surface area (Å²) in [4.78, 5) is 2.32. The molecule has 2 rings (SSSR count). The van der Waals surface area contributed by atoms with Gasteiger partial charge in [-0.3, -0.25) is 0 Å². The summed E-state index contributed by atoms with van der Waals surface area (Å²) in [5.41, 5.74) is 7.24. The number of anilines is 2. The first-order chi connectivity index (χ1) is 9.39. The van der Waals surface area contributed by atoms with Gasteiger partial charge in [0, 0.05) is 19.8 Å². The van der Waals surface area contributed by atoms with E-state index in [2.05, 4.69) is 4.90 Å². The SMILES string of the molecule is CN(CC1CCCCC1)c1cccc(S(C)(=O)=O)c1N. The van der Waals surface area contributed by atoms with Crippen molar-refractivity contribution >= 4 is 21.2 Å². The van der Waals surface area contributed by atoms with Crippen molar-refractivity contribution in [2.75, 3.05) is 30.5 Å². The maximum absolute atomic E-state index is 11.7. The molecule has 2 N–H and O–H groups in total. The fourth-order valence-electron chi connectivity index (χ4n) is 3.04. The van der Waals surface area contributed by atoms with Gasteiger partial charge in [0.2, 0.25) is 0 Å². The predicted molar refractivity (Wildman–Crippen MR) is 83.8 cm³/mol. The highest BCUT2D eigenvalue weighted by Gasteiger charge is 2.19. The Hall–Kier alpha value is -1.23. The zero-order chi connectivity index (χ0) is 14.8. The molecule has 112 valence electrons. The average molecular weight is 296 g/mol. The number of hydrogen-bond acceptors (Lipinski definition) is 4. The van der Waals surface area contributed by atoms with E-state index < -0.39 is 9.84 Å². The van der Waals surface area contributed by atoms with Crippen LogP contribution in [0.3, 0.4) is 0 Å². The molecule has 0 saturated heterocycles. The molecule has 0 aromatic heterocycles. The Morgan fingerprint density at radius 1 is 1.25 bits per heavy atom. The molecule has 4 nitrogen and oxygen atoms in total. The fourth-order valence-corrected chi connectivity index (χ4v) is 3.87. The summed E-state index contributed by atoms with van der Waals surface area (Å²) in [6, 6.07) is 5.23. The highest BCUT2D eigenvalue weighted by molar-refractivity contribution is 7.90. The van der Waals surface area contributed by atoms with E-state index in [0.717, 1.165) is 12.2 Å². The van der Waals surface area contributed by atoms with Gasteiger partial charge in [-0.05, 0) is 30.9 Å². The Bertz CT molecular complexity index is 563. The minimum atomic E-state index is -3.27. The molecular weight excluding hydrogens is 272 g/mol. The lowest BCUT2D eigenvalue weighted by Gasteiger charge is -2.29. The van der Waals surface area contributed by atoms with Crippen molar-refractivity contribution in [1.82, 2.24) is 0 Å². The van der Waals surface area contributed by atoms with Gasteiger partial charge in [-0.1, -0.05) is 25.3 Å². The first-order valence-corrected chi connectivity index (χ1v) is 9.08. The van der Waals surface area contributed by atoms with Crippen LogP contribution in [0, 0.1) is 5.92 Å². The van der Waals surface area contributed by atoms with Crippen molar-refractivity contribution in [3.05, 3.63) is 18.2 Å².